The van der Waals surface area contributed by atoms with Gasteiger partial charge in [0.15, 0.2) is 5.60 Å². The van der Waals surface area contributed by atoms with Gasteiger partial charge in [0.2, 0.25) is 0 Å². The van der Waals surface area contributed by atoms with E-state index in [1.165, 1.54) is 51.4 Å². The second-order valence-corrected chi connectivity index (χ2v) is 10.2. The van der Waals surface area contributed by atoms with E-state index in [1.807, 2.05) is 0 Å². The van der Waals surface area contributed by atoms with Crippen molar-refractivity contribution in [2.75, 3.05) is 19.8 Å². The number of benzene rings is 1. The maximum Gasteiger partial charge on any atom is 0.343 e. The highest BCUT2D eigenvalue weighted by atomic mass is 16.6. The van der Waals surface area contributed by atoms with E-state index in [0.29, 0.717) is 23.5 Å². The minimum Gasteiger partial charge on any atom is -0.493 e. The first-order chi connectivity index (χ1) is 17.1. The van der Waals surface area contributed by atoms with Gasteiger partial charge in [0, 0.05) is 5.56 Å². The van der Waals surface area contributed by atoms with Gasteiger partial charge in [-0.1, -0.05) is 96.1 Å². The molecule has 0 amide bonds. The molecule has 1 fully saturated rings. The lowest BCUT2D eigenvalue weighted by atomic mass is 9.89. The molecule has 1 aliphatic carbocycles. The van der Waals surface area contributed by atoms with Crippen LogP contribution in [-0.2, 0) is 19.9 Å². The Morgan fingerprint density at radius 3 is 2.31 bits per heavy atom. The lowest BCUT2D eigenvalue weighted by molar-refractivity contribution is -0.160. The Bertz CT molecular complexity index is 800. The van der Waals surface area contributed by atoms with Gasteiger partial charge >= 0.3 is 11.9 Å². The highest BCUT2D eigenvalue weighted by Crippen LogP contribution is 2.41. The highest BCUT2D eigenvalue weighted by molar-refractivity contribution is 5.97. The normalized spacial score (nSPS) is 19.9. The summed E-state index contributed by atoms with van der Waals surface area (Å²) >= 11 is 0. The Hall–Kier alpha value is -2.08. The molecular weight excluding hydrogens is 444 g/mol. The molecule has 1 aromatic rings. The molecule has 6 nitrogen and oxygen atoms in total. The Kier molecular flexibility index (Phi) is 11.4. The monoisotopic (exact) mass is 488 g/mol. The van der Waals surface area contributed by atoms with E-state index >= 15 is 0 Å². The van der Waals surface area contributed by atoms with Gasteiger partial charge in [0.05, 0.1) is 19.1 Å². The van der Waals surface area contributed by atoms with E-state index in [9.17, 15) is 14.7 Å². The first-order valence-corrected chi connectivity index (χ1v) is 13.9. The van der Waals surface area contributed by atoms with Crippen molar-refractivity contribution in [1.29, 1.82) is 0 Å². The summed E-state index contributed by atoms with van der Waals surface area (Å²) < 4.78 is 17.1. The fourth-order valence-corrected chi connectivity index (χ4v) is 5.21. The van der Waals surface area contributed by atoms with Gasteiger partial charge in [0.25, 0.3) is 0 Å². The Labute approximate surface area is 210 Å². The molecule has 196 valence electrons. The van der Waals surface area contributed by atoms with Crippen molar-refractivity contribution in [3.05, 3.63) is 29.3 Å². The van der Waals surface area contributed by atoms with Crippen molar-refractivity contribution in [3.63, 3.8) is 0 Å². The quantitative estimate of drug-likeness (QED) is 0.212. The third-order valence-corrected chi connectivity index (χ3v) is 7.41. The maximum atomic E-state index is 12.8. The van der Waals surface area contributed by atoms with Crippen LogP contribution in [0.15, 0.2) is 18.2 Å². The first kappa shape index (κ1) is 27.5. The van der Waals surface area contributed by atoms with Crippen LogP contribution < -0.4 is 4.74 Å². The maximum absolute atomic E-state index is 12.8. The lowest BCUT2D eigenvalue weighted by Gasteiger charge is -2.28. The predicted molar refractivity (Wildman–Crippen MR) is 135 cm³/mol. The number of ether oxygens (including phenoxy) is 3. The summed E-state index contributed by atoms with van der Waals surface area (Å²) in [7, 11) is 0. The number of aliphatic hydroxyl groups excluding tert-OH is 1. The van der Waals surface area contributed by atoms with E-state index in [-0.39, 0.29) is 18.5 Å². The topological polar surface area (TPSA) is 82.1 Å². The summed E-state index contributed by atoms with van der Waals surface area (Å²) in [6, 6.07) is 5.30. The lowest BCUT2D eigenvalue weighted by Crippen LogP contribution is -2.38. The molecule has 35 heavy (non-hydrogen) atoms. The van der Waals surface area contributed by atoms with Gasteiger partial charge in [-0.05, 0) is 25.3 Å². The summed E-state index contributed by atoms with van der Waals surface area (Å²) in [5, 5.41) is 10.2. The number of cyclic esters (lactones) is 1. The van der Waals surface area contributed by atoms with E-state index in [0.717, 1.165) is 44.9 Å². The molecule has 3 rings (SSSR count). The molecule has 6 heteroatoms. The number of fused-ring (bicyclic) bond motifs is 1. The van der Waals surface area contributed by atoms with Crippen molar-refractivity contribution in [2.24, 2.45) is 5.92 Å². The van der Waals surface area contributed by atoms with E-state index < -0.39 is 18.2 Å². The number of hydrogen-bond acceptors (Lipinski definition) is 6. The van der Waals surface area contributed by atoms with Crippen LogP contribution in [0.25, 0.3) is 0 Å². The molecule has 1 aliphatic heterocycles. The third-order valence-electron chi connectivity index (χ3n) is 7.41. The molecule has 0 radical (unpaired) electrons. The molecule has 1 saturated carbocycles. The van der Waals surface area contributed by atoms with Crippen LogP contribution in [0.2, 0.25) is 0 Å². The fourth-order valence-electron chi connectivity index (χ4n) is 5.21. The molecular formula is C29H44O6. The van der Waals surface area contributed by atoms with Crippen LogP contribution >= 0.6 is 0 Å². The fraction of sp³-hybridized carbons (Fsp3) is 0.724. The van der Waals surface area contributed by atoms with Crippen LogP contribution in [0, 0.1) is 5.92 Å². The average molecular weight is 489 g/mol. The summed E-state index contributed by atoms with van der Waals surface area (Å²) in [6.07, 6.45) is 17.3. The number of esters is 2. The molecule has 0 saturated heterocycles. The standard InChI is InChI=1S/C29H44O6/c1-2-3-4-5-6-7-8-9-10-14-20-33-25-19-15-18-24-26(25)28(32)35-29(24,21-30)22-34-27(31)23-16-12-11-13-17-23/h15,18-19,23,30H,2-14,16-17,20-22H2,1H3/t29-/m1/s1. The van der Waals surface area contributed by atoms with Crippen LogP contribution in [0.4, 0.5) is 0 Å². The third kappa shape index (κ3) is 7.70. The van der Waals surface area contributed by atoms with Crippen LogP contribution in [-0.4, -0.2) is 36.9 Å². The Balaban J connectivity index is 1.47. The molecule has 1 aromatic carbocycles. The molecule has 0 spiro atoms. The van der Waals surface area contributed by atoms with Crippen molar-refractivity contribution in [2.45, 2.75) is 109 Å². The van der Waals surface area contributed by atoms with Gasteiger partial charge in [0.1, 0.15) is 17.9 Å². The first-order valence-electron chi connectivity index (χ1n) is 13.9. The van der Waals surface area contributed by atoms with Crippen molar-refractivity contribution < 1.29 is 28.9 Å². The molecule has 0 bridgehead atoms. The van der Waals surface area contributed by atoms with Gasteiger partial charge in [-0.25, -0.2) is 4.79 Å². The molecule has 1 N–H and O–H groups in total. The van der Waals surface area contributed by atoms with Gasteiger partial charge in [-0.3, -0.25) is 4.79 Å². The predicted octanol–water partition coefficient (Wildman–Crippen LogP) is 6.47. The molecule has 1 atom stereocenters. The summed E-state index contributed by atoms with van der Waals surface area (Å²) in [5.41, 5.74) is -0.503. The van der Waals surface area contributed by atoms with Gasteiger partial charge in [-0.2, -0.15) is 0 Å². The van der Waals surface area contributed by atoms with Crippen molar-refractivity contribution >= 4 is 11.9 Å². The van der Waals surface area contributed by atoms with Gasteiger partial charge in [-0.15, -0.1) is 0 Å². The Morgan fingerprint density at radius 1 is 1.00 bits per heavy atom. The number of rotatable bonds is 16. The van der Waals surface area contributed by atoms with Crippen LogP contribution in [0.1, 0.15) is 119 Å². The number of carbonyl (C=O) groups excluding carboxylic acids is 2. The smallest absolute Gasteiger partial charge is 0.343 e. The molecule has 1 heterocycles. The van der Waals surface area contributed by atoms with Crippen LogP contribution in [0.3, 0.4) is 0 Å². The van der Waals surface area contributed by atoms with Crippen molar-refractivity contribution in [3.8, 4) is 5.75 Å². The number of unbranched alkanes of at least 4 members (excludes halogenated alkanes) is 9. The van der Waals surface area contributed by atoms with E-state index in [4.69, 9.17) is 14.2 Å². The second kappa shape index (κ2) is 14.5. The average Bonchev–Trinajstić information content (AvgIpc) is 3.19. The zero-order chi connectivity index (χ0) is 24.9. The SMILES string of the molecule is CCCCCCCCCCCCOc1cccc2c1C(=O)O[C@]2(CO)COC(=O)C1CCCCC1. The number of aliphatic hydroxyl groups is 1. The highest BCUT2D eigenvalue weighted by Gasteiger charge is 2.48. The van der Waals surface area contributed by atoms with E-state index in [2.05, 4.69) is 6.92 Å². The summed E-state index contributed by atoms with van der Waals surface area (Å²) in [4.78, 5) is 25.3. The Morgan fingerprint density at radius 2 is 1.66 bits per heavy atom. The summed E-state index contributed by atoms with van der Waals surface area (Å²) in [6.45, 7) is 2.14. The van der Waals surface area contributed by atoms with Gasteiger partial charge < -0.3 is 19.3 Å². The van der Waals surface area contributed by atoms with E-state index in [1.54, 1.807) is 18.2 Å². The second-order valence-electron chi connectivity index (χ2n) is 10.2. The molecule has 0 aromatic heterocycles. The number of carbonyl (C=O) groups is 2. The largest absolute Gasteiger partial charge is 0.493 e. The summed E-state index contributed by atoms with van der Waals surface area (Å²) in [5.74, 6) is -0.444. The molecule has 0 unspecified atom stereocenters. The minimum absolute atomic E-state index is 0.105. The van der Waals surface area contributed by atoms with Crippen molar-refractivity contribution in [1.82, 2.24) is 0 Å². The molecule has 2 aliphatic rings. The van der Waals surface area contributed by atoms with Crippen LogP contribution in [0.5, 0.6) is 5.75 Å². The zero-order valence-electron chi connectivity index (χ0n) is 21.5. The minimum atomic E-state index is -1.37. The number of hydrogen-bond donors (Lipinski definition) is 1. The zero-order valence-corrected chi connectivity index (χ0v) is 21.5.